The normalized spacial score (nSPS) is 18.7. The van der Waals surface area contributed by atoms with Gasteiger partial charge in [0.15, 0.2) is 0 Å². The molecule has 3 nitrogen and oxygen atoms in total. The smallest absolute Gasteiger partial charge is 0.123 e. The maximum absolute atomic E-state index is 12.8. The molecule has 18 heavy (non-hydrogen) atoms. The van der Waals surface area contributed by atoms with E-state index in [4.69, 9.17) is 0 Å². The Hall–Kier alpha value is -1.68. The van der Waals surface area contributed by atoms with Crippen LogP contribution in [0.2, 0.25) is 0 Å². The lowest BCUT2D eigenvalue weighted by atomic mass is 10.1. The first-order valence-corrected chi connectivity index (χ1v) is 6.18. The van der Waals surface area contributed by atoms with Gasteiger partial charge in [-0.25, -0.2) is 9.37 Å². The molecule has 1 unspecified atom stereocenters. The van der Waals surface area contributed by atoms with E-state index < -0.39 is 0 Å². The van der Waals surface area contributed by atoms with Gasteiger partial charge in [-0.05, 0) is 24.1 Å². The molecular formula is C14H15FN2O. The fourth-order valence-electron chi connectivity index (χ4n) is 2.38. The van der Waals surface area contributed by atoms with Gasteiger partial charge in [0.25, 0.3) is 0 Å². The minimum Gasteiger partial charge on any atom is -0.391 e. The number of hydrogen-bond acceptors (Lipinski definition) is 2. The summed E-state index contributed by atoms with van der Waals surface area (Å²) >= 11 is 0. The predicted octanol–water partition coefficient (Wildman–Crippen LogP) is 1.92. The van der Waals surface area contributed by atoms with E-state index in [2.05, 4.69) is 4.98 Å². The maximum Gasteiger partial charge on any atom is 0.123 e. The Labute approximate surface area is 105 Å². The van der Waals surface area contributed by atoms with Crippen LogP contribution in [0.15, 0.2) is 30.5 Å². The summed E-state index contributed by atoms with van der Waals surface area (Å²) in [7, 11) is 0. The molecule has 1 atom stereocenters. The van der Waals surface area contributed by atoms with Crippen molar-refractivity contribution in [3.05, 3.63) is 53.4 Å². The molecule has 2 heterocycles. The molecule has 0 saturated heterocycles. The highest BCUT2D eigenvalue weighted by Crippen LogP contribution is 2.17. The molecule has 0 saturated carbocycles. The van der Waals surface area contributed by atoms with E-state index in [9.17, 15) is 9.50 Å². The average molecular weight is 246 g/mol. The van der Waals surface area contributed by atoms with Crippen LogP contribution >= 0.6 is 0 Å². The zero-order chi connectivity index (χ0) is 12.5. The van der Waals surface area contributed by atoms with Crippen LogP contribution in [0, 0.1) is 5.82 Å². The van der Waals surface area contributed by atoms with Gasteiger partial charge in [-0.3, -0.25) is 0 Å². The summed E-state index contributed by atoms with van der Waals surface area (Å²) < 4.78 is 14.8. The Morgan fingerprint density at radius 1 is 1.33 bits per heavy atom. The average Bonchev–Trinajstić information content (AvgIpc) is 2.73. The van der Waals surface area contributed by atoms with Crippen molar-refractivity contribution >= 4 is 0 Å². The van der Waals surface area contributed by atoms with Crippen LogP contribution in [-0.4, -0.2) is 20.8 Å². The molecule has 2 aromatic rings. The van der Waals surface area contributed by atoms with E-state index in [0.717, 1.165) is 29.9 Å². The number of imidazole rings is 1. The molecule has 0 aliphatic carbocycles. The van der Waals surface area contributed by atoms with Crippen LogP contribution in [0.3, 0.4) is 0 Å². The van der Waals surface area contributed by atoms with Crippen LogP contribution in [0.5, 0.6) is 0 Å². The summed E-state index contributed by atoms with van der Waals surface area (Å²) in [5, 5.41) is 9.60. The molecule has 0 bridgehead atoms. The Bertz CT molecular complexity index is 547. The first-order chi connectivity index (χ1) is 8.70. The van der Waals surface area contributed by atoms with Crippen molar-refractivity contribution in [1.82, 2.24) is 9.55 Å². The molecule has 4 heteroatoms. The summed E-state index contributed by atoms with van der Waals surface area (Å²) in [6.07, 6.45) is 4.04. The van der Waals surface area contributed by atoms with Gasteiger partial charge in [-0.15, -0.1) is 0 Å². The Kier molecular flexibility index (Phi) is 2.88. The van der Waals surface area contributed by atoms with Gasteiger partial charge in [-0.1, -0.05) is 12.1 Å². The summed E-state index contributed by atoms with van der Waals surface area (Å²) in [5.41, 5.74) is 2.03. The van der Waals surface area contributed by atoms with Gasteiger partial charge in [0.05, 0.1) is 11.8 Å². The standard InChI is InChI=1S/C14H15FN2O/c15-11-3-1-10(2-4-11)7-12-8-17-9-13(18)5-6-14(17)16-12/h1-4,8,13,18H,5-7,9H2. The van der Waals surface area contributed by atoms with E-state index in [1.807, 2.05) is 10.8 Å². The highest BCUT2D eigenvalue weighted by Gasteiger charge is 2.18. The van der Waals surface area contributed by atoms with Gasteiger partial charge >= 0.3 is 0 Å². The number of aryl methyl sites for hydroxylation is 1. The monoisotopic (exact) mass is 246 g/mol. The molecule has 1 aliphatic rings. The molecule has 1 aliphatic heterocycles. The first kappa shape index (κ1) is 11.4. The predicted molar refractivity (Wildman–Crippen MR) is 65.8 cm³/mol. The van der Waals surface area contributed by atoms with E-state index in [0.29, 0.717) is 13.0 Å². The molecule has 0 radical (unpaired) electrons. The lowest BCUT2D eigenvalue weighted by Crippen LogP contribution is -2.23. The number of aliphatic hydroxyl groups excluding tert-OH is 1. The number of nitrogens with zero attached hydrogens (tertiary/aromatic N) is 2. The summed E-state index contributed by atoms with van der Waals surface area (Å²) in [4.78, 5) is 4.56. The maximum atomic E-state index is 12.8. The van der Waals surface area contributed by atoms with Gasteiger partial charge in [0.1, 0.15) is 11.6 Å². The van der Waals surface area contributed by atoms with E-state index in [1.165, 1.54) is 12.1 Å². The second-order valence-corrected chi connectivity index (χ2v) is 4.80. The fourth-order valence-corrected chi connectivity index (χ4v) is 2.38. The topological polar surface area (TPSA) is 38.1 Å². The molecule has 1 aromatic heterocycles. The number of benzene rings is 1. The van der Waals surface area contributed by atoms with Crippen LogP contribution in [0.25, 0.3) is 0 Å². The molecule has 1 aromatic carbocycles. The third kappa shape index (κ3) is 2.29. The molecule has 3 rings (SSSR count). The number of halogens is 1. The van der Waals surface area contributed by atoms with Crippen molar-refractivity contribution in [3.63, 3.8) is 0 Å². The van der Waals surface area contributed by atoms with Crippen LogP contribution in [0.1, 0.15) is 23.5 Å². The summed E-state index contributed by atoms with van der Waals surface area (Å²) in [6, 6.07) is 6.50. The Morgan fingerprint density at radius 3 is 2.89 bits per heavy atom. The Morgan fingerprint density at radius 2 is 2.11 bits per heavy atom. The van der Waals surface area contributed by atoms with Crippen molar-refractivity contribution in [1.29, 1.82) is 0 Å². The minimum atomic E-state index is -0.259. The number of rotatable bonds is 2. The highest BCUT2D eigenvalue weighted by molar-refractivity contribution is 5.22. The van der Waals surface area contributed by atoms with E-state index in [-0.39, 0.29) is 11.9 Å². The molecular weight excluding hydrogens is 231 g/mol. The lowest BCUT2D eigenvalue weighted by molar-refractivity contribution is 0.130. The first-order valence-electron chi connectivity index (χ1n) is 6.18. The second-order valence-electron chi connectivity index (χ2n) is 4.80. The zero-order valence-corrected chi connectivity index (χ0v) is 10.0. The van der Waals surface area contributed by atoms with Gasteiger partial charge in [0, 0.05) is 25.6 Å². The van der Waals surface area contributed by atoms with Gasteiger partial charge in [-0.2, -0.15) is 0 Å². The van der Waals surface area contributed by atoms with E-state index in [1.54, 1.807) is 12.1 Å². The van der Waals surface area contributed by atoms with Crippen LogP contribution < -0.4 is 0 Å². The summed E-state index contributed by atoms with van der Waals surface area (Å²) in [5.74, 6) is 0.823. The number of hydrogen-bond donors (Lipinski definition) is 1. The van der Waals surface area contributed by atoms with Crippen molar-refractivity contribution in [2.75, 3.05) is 0 Å². The lowest BCUT2D eigenvalue weighted by Gasteiger charge is -2.18. The minimum absolute atomic E-state index is 0.217. The van der Waals surface area contributed by atoms with Crippen molar-refractivity contribution in [3.8, 4) is 0 Å². The SMILES string of the molecule is OC1CCc2nc(Cc3ccc(F)cc3)cn2C1. The third-order valence-electron chi connectivity index (χ3n) is 3.32. The van der Waals surface area contributed by atoms with Crippen molar-refractivity contribution in [2.24, 2.45) is 0 Å². The largest absolute Gasteiger partial charge is 0.391 e. The highest BCUT2D eigenvalue weighted by atomic mass is 19.1. The van der Waals surface area contributed by atoms with E-state index >= 15 is 0 Å². The van der Waals surface area contributed by atoms with Crippen molar-refractivity contribution < 1.29 is 9.50 Å². The fraction of sp³-hybridized carbons (Fsp3) is 0.357. The zero-order valence-electron chi connectivity index (χ0n) is 10.0. The quantitative estimate of drug-likeness (QED) is 0.879. The number of aromatic nitrogens is 2. The van der Waals surface area contributed by atoms with Crippen LogP contribution in [0.4, 0.5) is 4.39 Å². The number of aliphatic hydroxyl groups is 1. The number of fused-ring (bicyclic) bond motifs is 1. The molecule has 0 spiro atoms. The third-order valence-corrected chi connectivity index (χ3v) is 3.32. The van der Waals surface area contributed by atoms with Crippen molar-refractivity contribution in [2.45, 2.75) is 31.9 Å². The molecule has 94 valence electrons. The van der Waals surface area contributed by atoms with Crippen LogP contribution in [-0.2, 0) is 19.4 Å². The molecule has 0 amide bonds. The van der Waals surface area contributed by atoms with Gasteiger partial charge in [0.2, 0.25) is 0 Å². The molecule has 1 N–H and O–H groups in total. The summed E-state index contributed by atoms with van der Waals surface area (Å²) in [6.45, 7) is 0.631. The second kappa shape index (κ2) is 4.53. The molecule has 0 fully saturated rings. The Balaban J connectivity index is 1.79. The van der Waals surface area contributed by atoms with Gasteiger partial charge < -0.3 is 9.67 Å².